The normalized spacial score (nSPS) is 18.1. The lowest BCUT2D eigenvalue weighted by Gasteiger charge is -2.25. The average Bonchev–Trinajstić information content (AvgIpc) is 2.81. The molecular formula is C12H13F2NO4S. The van der Waals surface area contributed by atoms with Crippen LogP contribution in [-0.2, 0) is 14.8 Å². The first-order chi connectivity index (χ1) is 9.27. The second-order valence-electron chi connectivity index (χ2n) is 4.78. The van der Waals surface area contributed by atoms with Gasteiger partial charge in [-0.3, -0.25) is 4.79 Å². The number of sulfonamides is 1. The summed E-state index contributed by atoms with van der Waals surface area (Å²) in [6, 6.07) is 2.11. The van der Waals surface area contributed by atoms with Gasteiger partial charge >= 0.3 is 5.97 Å². The van der Waals surface area contributed by atoms with Gasteiger partial charge in [0.15, 0.2) is 11.6 Å². The van der Waals surface area contributed by atoms with Gasteiger partial charge in [0.25, 0.3) is 0 Å². The molecule has 0 unspecified atom stereocenters. The number of carboxylic acid groups (broad SMARTS) is 1. The van der Waals surface area contributed by atoms with E-state index in [0.717, 1.165) is 6.07 Å². The molecular weight excluding hydrogens is 292 g/mol. The van der Waals surface area contributed by atoms with E-state index in [1.165, 1.54) is 0 Å². The number of hydrogen-bond acceptors (Lipinski definition) is 3. The van der Waals surface area contributed by atoms with Gasteiger partial charge in [-0.25, -0.2) is 17.2 Å². The Hall–Kier alpha value is -1.54. The summed E-state index contributed by atoms with van der Waals surface area (Å²) >= 11 is 0. The third-order valence-electron chi connectivity index (χ3n) is 3.40. The summed E-state index contributed by atoms with van der Waals surface area (Å²) in [6.07, 6.45) is 1.52. The highest BCUT2D eigenvalue weighted by Gasteiger charge is 2.44. The van der Waals surface area contributed by atoms with Crippen LogP contribution in [0.1, 0.15) is 25.7 Å². The molecule has 110 valence electrons. The molecule has 8 heteroatoms. The highest BCUT2D eigenvalue weighted by molar-refractivity contribution is 7.89. The van der Waals surface area contributed by atoms with Crippen LogP contribution in [0.2, 0.25) is 0 Å². The fraction of sp³-hybridized carbons (Fsp3) is 0.417. The second-order valence-corrected chi connectivity index (χ2v) is 6.46. The maximum atomic E-state index is 13.1. The quantitative estimate of drug-likeness (QED) is 0.886. The van der Waals surface area contributed by atoms with Crippen LogP contribution in [0.3, 0.4) is 0 Å². The van der Waals surface area contributed by atoms with Crippen molar-refractivity contribution in [1.29, 1.82) is 0 Å². The molecule has 0 amide bonds. The van der Waals surface area contributed by atoms with Crippen LogP contribution >= 0.6 is 0 Å². The van der Waals surface area contributed by atoms with Crippen LogP contribution in [0.15, 0.2) is 23.1 Å². The Labute approximate surface area is 114 Å². The number of aliphatic carboxylic acids is 1. The van der Waals surface area contributed by atoms with Gasteiger partial charge in [0.2, 0.25) is 10.0 Å². The fourth-order valence-corrected chi connectivity index (χ4v) is 3.73. The number of carbonyl (C=O) groups is 1. The van der Waals surface area contributed by atoms with E-state index in [-0.39, 0.29) is 12.8 Å². The van der Waals surface area contributed by atoms with E-state index < -0.39 is 38.1 Å². The predicted octanol–water partition coefficient (Wildman–Crippen LogP) is 1.64. The molecule has 0 heterocycles. The zero-order valence-electron chi connectivity index (χ0n) is 10.4. The van der Waals surface area contributed by atoms with Crippen molar-refractivity contribution in [2.24, 2.45) is 0 Å². The maximum Gasteiger partial charge on any atom is 0.324 e. The van der Waals surface area contributed by atoms with Crippen LogP contribution in [0, 0.1) is 11.6 Å². The lowest BCUT2D eigenvalue weighted by Crippen LogP contribution is -2.52. The van der Waals surface area contributed by atoms with Gasteiger partial charge in [0, 0.05) is 0 Å². The lowest BCUT2D eigenvalue weighted by atomic mass is 10.0. The Morgan fingerprint density at radius 2 is 1.80 bits per heavy atom. The van der Waals surface area contributed by atoms with Gasteiger partial charge in [0.1, 0.15) is 5.54 Å². The molecule has 1 aliphatic carbocycles. The zero-order valence-corrected chi connectivity index (χ0v) is 11.2. The van der Waals surface area contributed by atoms with Crippen molar-refractivity contribution in [2.75, 3.05) is 0 Å². The molecule has 0 aliphatic heterocycles. The van der Waals surface area contributed by atoms with E-state index in [0.29, 0.717) is 25.0 Å². The first kappa shape index (κ1) is 14.9. The van der Waals surface area contributed by atoms with E-state index in [1.807, 2.05) is 0 Å². The molecule has 0 spiro atoms. The number of carboxylic acids is 1. The lowest BCUT2D eigenvalue weighted by molar-refractivity contribution is -0.143. The summed E-state index contributed by atoms with van der Waals surface area (Å²) in [7, 11) is -4.22. The summed E-state index contributed by atoms with van der Waals surface area (Å²) in [6.45, 7) is 0. The summed E-state index contributed by atoms with van der Waals surface area (Å²) in [5, 5.41) is 9.21. The minimum Gasteiger partial charge on any atom is -0.480 e. The minimum atomic E-state index is -4.22. The highest BCUT2D eigenvalue weighted by Crippen LogP contribution is 2.31. The number of hydrogen-bond donors (Lipinski definition) is 2. The Balaban J connectivity index is 2.35. The third kappa shape index (κ3) is 2.66. The third-order valence-corrected chi connectivity index (χ3v) is 4.93. The number of benzene rings is 1. The first-order valence-corrected chi connectivity index (χ1v) is 7.48. The standard InChI is InChI=1S/C12H13F2NO4S/c13-9-4-3-8(7-10(9)14)20(18,19)15-12(11(16)17)5-1-2-6-12/h3-4,7,15H,1-2,5-6H2,(H,16,17). The topological polar surface area (TPSA) is 83.5 Å². The molecule has 1 saturated carbocycles. The molecule has 1 aliphatic rings. The van der Waals surface area contributed by atoms with Crippen molar-refractivity contribution in [2.45, 2.75) is 36.1 Å². The van der Waals surface area contributed by atoms with Crippen molar-refractivity contribution in [3.8, 4) is 0 Å². The second kappa shape index (κ2) is 5.10. The smallest absolute Gasteiger partial charge is 0.324 e. The summed E-state index contributed by atoms with van der Waals surface area (Å²) < 4.78 is 52.2. The Morgan fingerprint density at radius 3 is 2.30 bits per heavy atom. The molecule has 0 atom stereocenters. The molecule has 1 fully saturated rings. The molecule has 1 aromatic rings. The van der Waals surface area contributed by atoms with Gasteiger partial charge in [-0.2, -0.15) is 4.72 Å². The average molecular weight is 305 g/mol. The van der Waals surface area contributed by atoms with Crippen molar-refractivity contribution in [3.63, 3.8) is 0 Å². The van der Waals surface area contributed by atoms with Gasteiger partial charge in [-0.15, -0.1) is 0 Å². The number of halogens is 2. The molecule has 0 radical (unpaired) electrons. The molecule has 5 nitrogen and oxygen atoms in total. The molecule has 0 saturated heterocycles. The minimum absolute atomic E-state index is 0.172. The van der Waals surface area contributed by atoms with E-state index in [2.05, 4.69) is 4.72 Å². The Bertz CT molecular complexity index is 639. The summed E-state index contributed by atoms with van der Waals surface area (Å²) in [5.74, 6) is -3.73. The van der Waals surface area contributed by atoms with E-state index in [4.69, 9.17) is 0 Å². The van der Waals surface area contributed by atoms with E-state index in [1.54, 1.807) is 0 Å². The fourth-order valence-electron chi connectivity index (χ4n) is 2.30. The zero-order chi connectivity index (χ0) is 15.0. The first-order valence-electron chi connectivity index (χ1n) is 5.99. The summed E-state index contributed by atoms with van der Waals surface area (Å²) in [5.41, 5.74) is -1.57. The predicted molar refractivity (Wildman–Crippen MR) is 65.5 cm³/mol. The van der Waals surface area contributed by atoms with Gasteiger partial charge < -0.3 is 5.11 Å². The van der Waals surface area contributed by atoms with Crippen LogP contribution in [0.5, 0.6) is 0 Å². The van der Waals surface area contributed by atoms with Crippen molar-refractivity contribution >= 4 is 16.0 Å². The van der Waals surface area contributed by atoms with Crippen LogP contribution in [-0.4, -0.2) is 25.0 Å². The molecule has 0 aromatic heterocycles. The molecule has 0 bridgehead atoms. The largest absolute Gasteiger partial charge is 0.480 e. The van der Waals surface area contributed by atoms with Crippen molar-refractivity contribution in [1.82, 2.24) is 4.72 Å². The van der Waals surface area contributed by atoms with Gasteiger partial charge in [-0.1, -0.05) is 12.8 Å². The highest BCUT2D eigenvalue weighted by atomic mass is 32.2. The van der Waals surface area contributed by atoms with Gasteiger partial charge in [0.05, 0.1) is 4.90 Å². The maximum absolute atomic E-state index is 13.1. The Morgan fingerprint density at radius 1 is 1.20 bits per heavy atom. The van der Waals surface area contributed by atoms with Gasteiger partial charge in [-0.05, 0) is 31.0 Å². The van der Waals surface area contributed by atoms with Crippen molar-refractivity contribution in [3.05, 3.63) is 29.8 Å². The molecule has 20 heavy (non-hydrogen) atoms. The summed E-state index contributed by atoms with van der Waals surface area (Å²) in [4.78, 5) is 10.8. The molecule has 1 aromatic carbocycles. The van der Waals surface area contributed by atoms with E-state index >= 15 is 0 Å². The number of rotatable bonds is 4. The molecule has 2 N–H and O–H groups in total. The van der Waals surface area contributed by atoms with Crippen LogP contribution in [0.4, 0.5) is 8.78 Å². The van der Waals surface area contributed by atoms with Crippen LogP contribution < -0.4 is 4.72 Å². The number of nitrogens with one attached hydrogen (secondary N) is 1. The van der Waals surface area contributed by atoms with Crippen molar-refractivity contribution < 1.29 is 27.1 Å². The SMILES string of the molecule is O=C(O)C1(NS(=O)(=O)c2ccc(F)c(F)c2)CCCC1. The Kier molecular flexibility index (Phi) is 3.79. The van der Waals surface area contributed by atoms with Crippen LogP contribution in [0.25, 0.3) is 0 Å². The monoisotopic (exact) mass is 305 g/mol. The molecule has 2 rings (SSSR count). The van der Waals surface area contributed by atoms with E-state index in [9.17, 15) is 27.1 Å².